The van der Waals surface area contributed by atoms with Crippen molar-refractivity contribution in [1.82, 2.24) is 5.32 Å². The highest BCUT2D eigenvalue weighted by atomic mass is 16.5. The first-order valence-corrected chi connectivity index (χ1v) is 7.01. The van der Waals surface area contributed by atoms with Crippen molar-refractivity contribution in [1.29, 1.82) is 0 Å². The predicted molar refractivity (Wildman–Crippen MR) is 78.2 cm³/mol. The Bertz CT molecular complexity index is 320. The molecule has 18 heavy (non-hydrogen) atoms. The van der Waals surface area contributed by atoms with E-state index in [4.69, 9.17) is 4.74 Å². The average Bonchev–Trinajstić information content (AvgIpc) is 2.42. The van der Waals surface area contributed by atoms with Crippen LogP contribution in [-0.4, -0.2) is 20.2 Å². The van der Waals surface area contributed by atoms with Crippen LogP contribution < -0.4 is 10.1 Å². The van der Waals surface area contributed by atoms with Crippen molar-refractivity contribution in [2.24, 2.45) is 5.92 Å². The second-order valence-corrected chi connectivity index (χ2v) is 5.05. The van der Waals surface area contributed by atoms with E-state index in [9.17, 15) is 0 Å². The Balaban J connectivity index is 2.42. The molecule has 102 valence electrons. The Morgan fingerprint density at radius 3 is 2.33 bits per heavy atom. The van der Waals surface area contributed by atoms with Gasteiger partial charge in [0.15, 0.2) is 0 Å². The summed E-state index contributed by atoms with van der Waals surface area (Å²) in [5, 5.41) is 3.44. The maximum atomic E-state index is 5.17. The van der Waals surface area contributed by atoms with Gasteiger partial charge in [0, 0.05) is 6.04 Å². The molecule has 2 atom stereocenters. The quantitative estimate of drug-likeness (QED) is 0.759. The first-order valence-electron chi connectivity index (χ1n) is 7.01. The van der Waals surface area contributed by atoms with Gasteiger partial charge in [-0.05, 0) is 49.9 Å². The molecule has 1 rings (SSSR count). The molecule has 2 unspecified atom stereocenters. The third-order valence-corrected chi connectivity index (χ3v) is 3.70. The third kappa shape index (κ3) is 4.69. The number of methoxy groups -OCH3 is 1. The maximum absolute atomic E-state index is 5.17. The van der Waals surface area contributed by atoms with Gasteiger partial charge in [-0.2, -0.15) is 0 Å². The number of hydrogen-bond acceptors (Lipinski definition) is 2. The number of ether oxygens (including phenoxy) is 1. The van der Waals surface area contributed by atoms with Gasteiger partial charge in [0.1, 0.15) is 5.75 Å². The van der Waals surface area contributed by atoms with E-state index >= 15 is 0 Å². The van der Waals surface area contributed by atoms with Crippen LogP contribution in [0.3, 0.4) is 0 Å². The first kappa shape index (κ1) is 15.0. The molecule has 0 spiro atoms. The molecule has 0 aliphatic carbocycles. The van der Waals surface area contributed by atoms with Crippen LogP contribution in [0, 0.1) is 5.92 Å². The van der Waals surface area contributed by atoms with E-state index in [1.807, 2.05) is 12.1 Å². The standard InChI is InChI=1S/C16H27NO/c1-5-6-16(17-3)13(2)7-8-14-9-11-15(18-4)12-10-14/h9-13,16-17H,5-8H2,1-4H3. The second kappa shape index (κ2) is 8.15. The van der Waals surface area contributed by atoms with Gasteiger partial charge in [0.25, 0.3) is 0 Å². The fraction of sp³-hybridized carbons (Fsp3) is 0.625. The van der Waals surface area contributed by atoms with Gasteiger partial charge in [-0.15, -0.1) is 0 Å². The van der Waals surface area contributed by atoms with Gasteiger partial charge in [0.2, 0.25) is 0 Å². The highest BCUT2D eigenvalue weighted by molar-refractivity contribution is 5.27. The molecule has 1 aromatic rings. The van der Waals surface area contributed by atoms with Crippen molar-refractivity contribution < 1.29 is 4.74 Å². The lowest BCUT2D eigenvalue weighted by atomic mass is 9.91. The van der Waals surface area contributed by atoms with Crippen LogP contribution in [0.2, 0.25) is 0 Å². The number of rotatable bonds is 8. The molecular formula is C16H27NO. The van der Waals surface area contributed by atoms with Crippen molar-refractivity contribution in [3.05, 3.63) is 29.8 Å². The zero-order valence-corrected chi connectivity index (χ0v) is 12.2. The number of aryl methyl sites for hydroxylation is 1. The van der Waals surface area contributed by atoms with Crippen LogP contribution >= 0.6 is 0 Å². The molecule has 2 nitrogen and oxygen atoms in total. The summed E-state index contributed by atoms with van der Waals surface area (Å²) >= 11 is 0. The van der Waals surface area contributed by atoms with E-state index in [1.165, 1.54) is 24.8 Å². The summed E-state index contributed by atoms with van der Waals surface area (Å²) in [6.45, 7) is 4.60. The Morgan fingerprint density at radius 1 is 1.17 bits per heavy atom. The van der Waals surface area contributed by atoms with Crippen molar-refractivity contribution in [3.63, 3.8) is 0 Å². The molecule has 0 aliphatic heterocycles. The molecule has 0 saturated heterocycles. The van der Waals surface area contributed by atoms with E-state index in [0.717, 1.165) is 18.1 Å². The van der Waals surface area contributed by atoms with Crippen molar-refractivity contribution >= 4 is 0 Å². The lowest BCUT2D eigenvalue weighted by molar-refractivity contribution is 0.355. The molecule has 0 bridgehead atoms. The molecular weight excluding hydrogens is 222 g/mol. The topological polar surface area (TPSA) is 21.3 Å². The Labute approximate surface area is 112 Å². The smallest absolute Gasteiger partial charge is 0.118 e. The van der Waals surface area contributed by atoms with E-state index < -0.39 is 0 Å². The van der Waals surface area contributed by atoms with Crippen LogP contribution in [0.25, 0.3) is 0 Å². The Hall–Kier alpha value is -1.02. The van der Waals surface area contributed by atoms with Gasteiger partial charge >= 0.3 is 0 Å². The molecule has 0 fully saturated rings. The molecule has 0 amide bonds. The summed E-state index contributed by atoms with van der Waals surface area (Å²) in [5.74, 6) is 1.66. The zero-order valence-electron chi connectivity index (χ0n) is 12.2. The summed E-state index contributed by atoms with van der Waals surface area (Å²) in [6, 6.07) is 9.07. The monoisotopic (exact) mass is 249 g/mol. The normalized spacial score (nSPS) is 14.2. The van der Waals surface area contributed by atoms with Crippen molar-refractivity contribution in [2.45, 2.75) is 45.6 Å². The lowest BCUT2D eigenvalue weighted by Crippen LogP contribution is -2.32. The second-order valence-electron chi connectivity index (χ2n) is 5.05. The number of hydrogen-bond donors (Lipinski definition) is 1. The lowest BCUT2D eigenvalue weighted by Gasteiger charge is -2.23. The van der Waals surface area contributed by atoms with Crippen molar-refractivity contribution in [2.75, 3.05) is 14.2 Å². The summed E-state index contributed by atoms with van der Waals surface area (Å²) < 4.78 is 5.17. The van der Waals surface area contributed by atoms with Crippen molar-refractivity contribution in [3.8, 4) is 5.75 Å². The van der Waals surface area contributed by atoms with E-state index in [2.05, 4.69) is 38.3 Å². The molecule has 1 N–H and O–H groups in total. The largest absolute Gasteiger partial charge is 0.497 e. The van der Waals surface area contributed by atoms with Crippen LogP contribution in [0.1, 0.15) is 38.7 Å². The maximum Gasteiger partial charge on any atom is 0.118 e. The summed E-state index contributed by atoms with van der Waals surface area (Å²) in [6.07, 6.45) is 4.89. The minimum Gasteiger partial charge on any atom is -0.497 e. The number of benzene rings is 1. The van der Waals surface area contributed by atoms with Gasteiger partial charge in [0.05, 0.1) is 7.11 Å². The average molecular weight is 249 g/mol. The fourth-order valence-electron chi connectivity index (χ4n) is 2.41. The summed E-state index contributed by atoms with van der Waals surface area (Å²) in [7, 11) is 3.78. The minimum atomic E-state index is 0.647. The van der Waals surface area contributed by atoms with Gasteiger partial charge < -0.3 is 10.1 Å². The number of nitrogens with one attached hydrogen (secondary N) is 1. The SMILES string of the molecule is CCCC(NC)C(C)CCc1ccc(OC)cc1. The molecule has 1 aromatic carbocycles. The highest BCUT2D eigenvalue weighted by Gasteiger charge is 2.14. The zero-order chi connectivity index (χ0) is 13.4. The van der Waals surface area contributed by atoms with E-state index in [-0.39, 0.29) is 0 Å². The Kier molecular flexibility index (Phi) is 6.81. The fourth-order valence-corrected chi connectivity index (χ4v) is 2.41. The van der Waals surface area contributed by atoms with Gasteiger partial charge in [-0.3, -0.25) is 0 Å². The van der Waals surface area contributed by atoms with Crippen LogP contribution in [0.4, 0.5) is 0 Å². The summed E-state index contributed by atoms with van der Waals surface area (Å²) in [4.78, 5) is 0. The Morgan fingerprint density at radius 2 is 1.83 bits per heavy atom. The van der Waals surface area contributed by atoms with Crippen LogP contribution in [0.5, 0.6) is 5.75 Å². The minimum absolute atomic E-state index is 0.647. The molecule has 0 aromatic heterocycles. The first-order chi connectivity index (χ1) is 8.71. The predicted octanol–water partition coefficient (Wildman–Crippen LogP) is 3.65. The van der Waals surface area contributed by atoms with E-state index in [1.54, 1.807) is 7.11 Å². The van der Waals surface area contributed by atoms with Crippen LogP contribution in [0.15, 0.2) is 24.3 Å². The van der Waals surface area contributed by atoms with Gasteiger partial charge in [-0.25, -0.2) is 0 Å². The molecule has 0 radical (unpaired) electrons. The summed E-state index contributed by atoms with van der Waals surface area (Å²) in [5.41, 5.74) is 1.40. The van der Waals surface area contributed by atoms with Crippen LogP contribution in [-0.2, 0) is 6.42 Å². The van der Waals surface area contributed by atoms with Gasteiger partial charge in [-0.1, -0.05) is 32.4 Å². The third-order valence-electron chi connectivity index (χ3n) is 3.70. The highest BCUT2D eigenvalue weighted by Crippen LogP contribution is 2.18. The van der Waals surface area contributed by atoms with E-state index in [0.29, 0.717) is 6.04 Å². The molecule has 2 heteroatoms. The molecule has 0 saturated carbocycles. The molecule has 0 heterocycles. The molecule has 0 aliphatic rings.